The number of nitrogens with zero attached hydrogens (tertiary/aromatic N) is 2. The first-order chi connectivity index (χ1) is 9.56. The lowest BCUT2D eigenvalue weighted by molar-refractivity contribution is 0.0971. The van der Waals surface area contributed by atoms with E-state index in [9.17, 15) is 18.0 Å². The SMILES string of the molecule is O=C1CCCc2nc(-c3cc(F)c(F)c(F)c3)ncc21. The van der Waals surface area contributed by atoms with Crippen LogP contribution in [0.2, 0.25) is 0 Å². The lowest BCUT2D eigenvalue weighted by Crippen LogP contribution is -2.14. The van der Waals surface area contributed by atoms with Gasteiger partial charge in [0.1, 0.15) is 0 Å². The molecule has 0 N–H and O–H groups in total. The van der Waals surface area contributed by atoms with Gasteiger partial charge in [-0.2, -0.15) is 0 Å². The highest BCUT2D eigenvalue weighted by atomic mass is 19.2. The summed E-state index contributed by atoms with van der Waals surface area (Å²) in [7, 11) is 0. The van der Waals surface area contributed by atoms with Crippen LogP contribution in [0.25, 0.3) is 11.4 Å². The molecule has 0 amide bonds. The molecule has 20 heavy (non-hydrogen) atoms. The van der Waals surface area contributed by atoms with E-state index in [4.69, 9.17) is 0 Å². The average Bonchev–Trinajstić information content (AvgIpc) is 2.44. The van der Waals surface area contributed by atoms with Crippen LogP contribution in [-0.2, 0) is 6.42 Å². The van der Waals surface area contributed by atoms with Crippen molar-refractivity contribution in [3.8, 4) is 11.4 Å². The molecule has 3 rings (SSSR count). The first-order valence-electron chi connectivity index (χ1n) is 6.10. The predicted molar refractivity (Wildman–Crippen MR) is 64.6 cm³/mol. The molecule has 0 spiro atoms. The van der Waals surface area contributed by atoms with Crippen LogP contribution in [0.15, 0.2) is 18.3 Å². The van der Waals surface area contributed by atoms with Crippen molar-refractivity contribution in [3.63, 3.8) is 0 Å². The number of aryl methyl sites for hydroxylation is 1. The quantitative estimate of drug-likeness (QED) is 0.753. The minimum Gasteiger partial charge on any atom is -0.294 e. The van der Waals surface area contributed by atoms with Crippen LogP contribution in [0.3, 0.4) is 0 Å². The van der Waals surface area contributed by atoms with Gasteiger partial charge in [-0.3, -0.25) is 4.79 Å². The molecule has 2 aromatic rings. The standard InChI is InChI=1S/C14H9F3N2O/c15-9-4-7(5-10(16)13(9)17)14-18-6-8-11(19-14)2-1-3-12(8)20/h4-6H,1-3H2. The van der Waals surface area contributed by atoms with Crippen molar-refractivity contribution in [3.05, 3.63) is 47.0 Å². The smallest absolute Gasteiger partial charge is 0.194 e. The molecule has 1 aliphatic rings. The molecular formula is C14H9F3N2O. The summed E-state index contributed by atoms with van der Waals surface area (Å²) in [5.74, 6) is -4.07. The highest BCUT2D eigenvalue weighted by Gasteiger charge is 2.20. The van der Waals surface area contributed by atoms with Gasteiger partial charge in [0.05, 0.1) is 11.3 Å². The Morgan fingerprint density at radius 1 is 1.05 bits per heavy atom. The van der Waals surface area contributed by atoms with E-state index in [-0.39, 0.29) is 17.2 Å². The van der Waals surface area contributed by atoms with E-state index in [1.165, 1.54) is 6.20 Å². The van der Waals surface area contributed by atoms with Gasteiger partial charge in [-0.1, -0.05) is 0 Å². The average molecular weight is 278 g/mol. The van der Waals surface area contributed by atoms with Gasteiger partial charge in [-0.05, 0) is 25.0 Å². The Hall–Kier alpha value is -2.24. The number of halogens is 3. The van der Waals surface area contributed by atoms with Crippen LogP contribution in [0.1, 0.15) is 28.9 Å². The monoisotopic (exact) mass is 278 g/mol. The van der Waals surface area contributed by atoms with Crippen molar-refractivity contribution in [2.24, 2.45) is 0 Å². The summed E-state index contributed by atoms with van der Waals surface area (Å²) in [6.07, 6.45) is 3.12. The highest BCUT2D eigenvalue weighted by Crippen LogP contribution is 2.24. The van der Waals surface area contributed by atoms with E-state index in [0.717, 1.165) is 12.1 Å². The van der Waals surface area contributed by atoms with Gasteiger partial charge in [0, 0.05) is 18.2 Å². The second-order valence-corrected chi connectivity index (χ2v) is 4.58. The summed E-state index contributed by atoms with van der Waals surface area (Å²) < 4.78 is 39.3. The second-order valence-electron chi connectivity index (χ2n) is 4.58. The number of carbonyl (C=O) groups excluding carboxylic acids is 1. The van der Waals surface area contributed by atoms with Gasteiger partial charge in [0.15, 0.2) is 29.1 Å². The molecule has 1 aromatic heterocycles. The van der Waals surface area contributed by atoms with Crippen LogP contribution < -0.4 is 0 Å². The fourth-order valence-corrected chi connectivity index (χ4v) is 2.22. The maximum Gasteiger partial charge on any atom is 0.194 e. The summed E-state index contributed by atoms with van der Waals surface area (Å²) in [5, 5.41) is 0. The molecule has 1 heterocycles. The predicted octanol–water partition coefficient (Wildman–Crippen LogP) is 3.08. The van der Waals surface area contributed by atoms with E-state index < -0.39 is 17.5 Å². The van der Waals surface area contributed by atoms with E-state index in [1.807, 2.05) is 0 Å². The van der Waals surface area contributed by atoms with Crippen LogP contribution in [0.4, 0.5) is 13.2 Å². The molecule has 0 bridgehead atoms. The number of carbonyl (C=O) groups is 1. The molecule has 0 saturated carbocycles. The number of benzene rings is 1. The number of rotatable bonds is 1. The molecule has 0 radical (unpaired) electrons. The van der Waals surface area contributed by atoms with Crippen molar-refractivity contribution in [2.45, 2.75) is 19.3 Å². The lowest BCUT2D eigenvalue weighted by Gasteiger charge is -2.13. The van der Waals surface area contributed by atoms with Gasteiger partial charge in [0.25, 0.3) is 0 Å². The summed E-state index contributed by atoms with van der Waals surface area (Å²) in [5.41, 5.74) is 1.06. The molecule has 0 aliphatic heterocycles. The Balaban J connectivity index is 2.09. The van der Waals surface area contributed by atoms with Crippen molar-refractivity contribution in [1.82, 2.24) is 9.97 Å². The summed E-state index contributed by atoms with van der Waals surface area (Å²) >= 11 is 0. The maximum atomic E-state index is 13.2. The fourth-order valence-electron chi connectivity index (χ4n) is 2.22. The first kappa shape index (κ1) is 12.8. The van der Waals surface area contributed by atoms with Gasteiger partial charge >= 0.3 is 0 Å². The zero-order valence-electron chi connectivity index (χ0n) is 10.3. The Morgan fingerprint density at radius 3 is 2.45 bits per heavy atom. The third kappa shape index (κ3) is 2.07. The minimum atomic E-state index is -1.53. The third-order valence-electron chi connectivity index (χ3n) is 3.23. The zero-order chi connectivity index (χ0) is 14.3. The Morgan fingerprint density at radius 2 is 1.75 bits per heavy atom. The molecule has 6 heteroatoms. The van der Waals surface area contributed by atoms with E-state index >= 15 is 0 Å². The van der Waals surface area contributed by atoms with Gasteiger partial charge in [-0.15, -0.1) is 0 Å². The number of hydrogen-bond acceptors (Lipinski definition) is 3. The van der Waals surface area contributed by atoms with Crippen molar-refractivity contribution in [1.29, 1.82) is 0 Å². The topological polar surface area (TPSA) is 42.9 Å². The van der Waals surface area contributed by atoms with Gasteiger partial charge in [-0.25, -0.2) is 23.1 Å². The van der Waals surface area contributed by atoms with E-state index in [0.29, 0.717) is 30.5 Å². The number of fused-ring (bicyclic) bond motifs is 1. The maximum absolute atomic E-state index is 13.2. The highest BCUT2D eigenvalue weighted by molar-refractivity contribution is 5.97. The molecule has 3 nitrogen and oxygen atoms in total. The summed E-state index contributed by atoms with van der Waals surface area (Å²) in [6.45, 7) is 0. The van der Waals surface area contributed by atoms with Crippen molar-refractivity contribution >= 4 is 5.78 Å². The number of ketones is 1. The molecule has 0 saturated heterocycles. The summed E-state index contributed by atoms with van der Waals surface area (Å²) in [6, 6.07) is 1.68. The molecule has 0 fully saturated rings. The van der Waals surface area contributed by atoms with Gasteiger partial charge in [0.2, 0.25) is 0 Å². The molecule has 102 valence electrons. The number of aromatic nitrogens is 2. The number of hydrogen-bond donors (Lipinski definition) is 0. The third-order valence-corrected chi connectivity index (χ3v) is 3.23. The van der Waals surface area contributed by atoms with Crippen LogP contribution >= 0.6 is 0 Å². The Bertz CT molecular complexity index is 693. The van der Waals surface area contributed by atoms with E-state index in [1.54, 1.807) is 0 Å². The van der Waals surface area contributed by atoms with E-state index in [2.05, 4.69) is 9.97 Å². The molecule has 1 aliphatic carbocycles. The van der Waals surface area contributed by atoms with Crippen molar-refractivity contribution in [2.75, 3.05) is 0 Å². The second kappa shape index (κ2) is 4.70. The first-order valence-corrected chi connectivity index (χ1v) is 6.10. The zero-order valence-corrected chi connectivity index (χ0v) is 10.3. The molecule has 0 atom stereocenters. The largest absolute Gasteiger partial charge is 0.294 e. The Labute approximate surface area is 112 Å². The van der Waals surface area contributed by atoms with Crippen molar-refractivity contribution < 1.29 is 18.0 Å². The van der Waals surface area contributed by atoms with Gasteiger partial charge < -0.3 is 0 Å². The minimum absolute atomic E-state index is 0.0331. The van der Waals surface area contributed by atoms with Crippen LogP contribution in [0, 0.1) is 17.5 Å². The molecule has 0 unspecified atom stereocenters. The summed E-state index contributed by atoms with van der Waals surface area (Å²) in [4.78, 5) is 19.7. The van der Waals surface area contributed by atoms with Crippen LogP contribution in [-0.4, -0.2) is 15.8 Å². The lowest BCUT2D eigenvalue weighted by atomic mass is 9.96. The fraction of sp³-hybridized carbons (Fsp3) is 0.214. The normalized spacial score (nSPS) is 14.2. The number of Topliss-reactive ketones (excluding diaryl/α,β-unsaturated/α-hetero) is 1. The molecule has 1 aromatic carbocycles. The Kier molecular flexibility index (Phi) is 3.00. The van der Waals surface area contributed by atoms with Crippen LogP contribution in [0.5, 0.6) is 0 Å². The molecular weight excluding hydrogens is 269 g/mol.